The van der Waals surface area contributed by atoms with Gasteiger partial charge in [-0.2, -0.15) is 0 Å². The molecule has 1 amide bonds. The Morgan fingerprint density at radius 2 is 1.53 bits per heavy atom. The van der Waals surface area contributed by atoms with Gasteiger partial charge in [0.2, 0.25) is 5.91 Å². The van der Waals surface area contributed by atoms with E-state index in [-0.39, 0.29) is 4.90 Å². The zero-order valence-electron chi connectivity index (χ0n) is 18.3. The number of rotatable bonds is 7. The lowest BCUT2D eigenvalue weighted by Gasteiger charge is -2.24. The number of sulfonamides is 1. The molecule has 8 heteroatoms. The predicted octanol–water partition coefficient (Wildman–Crippen LogP) is 5.11. The fourth-order valence-electron chi connectivity index (χ4n) is 3.48. The highest BCUT2D eigenvalue weighted by molar-refractivity contribution is 7.92. The fourth-order valence-corrected chi connectivity index (χ4v) is 5.03. The normalized spacial score (nSPS) is 11.2. The van der Waals surface area contributed by atoms with Crippen molar-refractivity contribution in [3.05, 3.63) is 82.4 Å². The Kier molecular flexibility index (Phi) is 7.11. The van der Waals surface area contributed by atoms with Crippen molar-refractivity contribution in [1.82, 2.24) is 0 Å². The summed E-state index contributed by atoms with van der Waals surface area (Å²) < 4.78 is 33.1. The van der Waals surface area contributed by atoms with Gasteiger partial charge in [0, 0.05) is 10.7 Å². The van der Waals surface area contributed by atoms with Crippen LogP contribution in [0.15, 0.2) is 65.6 Å². The number of aryl methyl sites for hydroxylation is 3. The molecule has 0 aliphatic carbocycles. The number of hydrogen-bond donors (Lipinski definition) is 1. The largest absolute Gasteiger partial charge is 0.497 e. The minimum Gasteiger partial charge on any atom is -0.497 e. The van der Waals surface area contributed by atoms with E-state index in [2.05, 4.69) is 5.32 Å². The van der Waals surface area contributed by atoms with E-state index >= 15 is 0 Å². The van der Waals surface area contributed by atoms with E-state index in [1.54, 1.807) is 36.4 Å². The molecule has 168 valence electrons. The van der Waals surface area contributed by atoms with Crippen molar-refractivity contribution in [3.8, 4) is 5.75 Å². The van der Waals surface area contributed by atoms with Crippen LogP contribution < -0.4 is 14.4 Å². The van der Waals surface area contributed by atoms with Crippen LogP contribution in [0.1, 0.15) is 16.7 Å². The number of nitrogens with zero attached hydrogens (tertiary/aromatic N) is 1. The number of ether oxygens (including phenoxy) is 1. The zero-order valence-corrected chi connectivity index (χ0v) is 19.9. The molecule has 0 aliphatic rings. The molecule has 0 aliphatic heterocycles. The molecule has 6 nitrogen and oxygen atoms in total. The van der Waals surface area contributed by atoms with Crippen LogP contribution in [0.5, 0.6) is 5.75 Å². The van der Waals surface area contributed by atoms with Gasteiger partial charge in [-0.3, -0.25) is 9.10 Å². The average molecular weight is 473 g/mol. The maximum Gasteiger partial charge on any atom is 0.264 e. The molecule has 1 N–H and O–H groups in total. The highest BCUT2D eigenvalue weighted by atomic mass is 35.5. The number of amides is 1. The second kappa shape index (κ2) is 9.63. The van der Waals surface area contributed by atoms with Gasteiger partial charge in [0.05, 0.1) is 17.7 Å². The second-order valence-corrected chi connectivity index (χ2v) is 9.78. The number of hydrogen-bond acceptors (Lipinski definition) is 4. The topological polar surface area (TPSA) is 75.7 Å². The Balaban J connectivity index is 1.96. The van der Waals surface area contributed by atoms with Crippen LogP contribution in [0.25, 0.3) is 0 Å². The minimum atomic E-state index is -4.03. The third kappa shape index (κ3) is 5.23. The number of anilines is 2. The molecule has 3 aromatic rings. The van der Waals surface area contributed by atoms with Crippen LogP contribution in [-0.2, 0) is 14.8 Å². The van der Waals surface area contributed by atoms with E-state index in [4.69, 9.17) is 16.3 Å². The van der Waals surface area contributed by atoms with Crippen molar-refractivity contribution < 1.29 is 17.9 Å². The number of carbonyl (C=O) groups is 1. The quantitative estimate of drug-likeness (QED) is 0.518. The van der Waals surface area contributed by atoms with Crippen LogP contribution in [0.4, 0.5) is 11.4 Å². The summed E-state index contributed by atoms with van der Waals surface area (Å²) in [5.41, 5.74) is 3.91. The van der Waals surface area contributed by atoms with E-state index in [9.17, 15) is 13.2 Å². The lowest BCUT2D eigenvalue weighted by molar-refractivity contribution is -0.114. The van der Waals surface area contributed by atoms with Crippen molar-refractivity contribution in [2.24, 2.45) is 0 Å². The van der Waals surface area contributed by atoms with Gasteiger partial charge in [-0.1, -0.05) is 29.3 Å². The van der Waals surface area contributed by atoms with E-state index in [0.29, 0.717) is 22.1 Å². The molecule has 0 atom stereocenters. The standard InChI is InChI=1S/C24H25ClN2O4S/c1-16-13-17(2)24(18(3)14-16)26-23(28)15-27(20-7-5-19(25)6-8-20)32(29,30)22-11-9-21(31-4)10-12-22/h5-14H,15H2,1-4H3,(H,26,28). The maximum atomic E-state index is 13.5. The first-order chi connectivity index (χ1) is 15.1. The van der Waals surface area contributed by atoms with E-state index in [0.717, 1.165) is 21.0 Å². The summed E-state index contributed by atoms with van der Waals surface area (Å²) in [6.45, 7) is 5.39. The summed E-state index contributed by atoms with van der Waals surface area (Å²) in [6, 6.07) is 16.3. The van der Waals surface area contributed by atoms with Gasteiger partial charge in [0.15, 0.2) is 0 Å². The summed E-state index contributed by atoms with van der Waals surface area (Å²) >= 11 is 5.98. The molecule has 0 bridgehead atoms. The summed E-state index contributed by atoms with van der Waals surface area (Å²) in [5, 5.41) is 3.33. The first-order valence-corrected chi connectivity index (χ1v) is 11.7. The number of benzene rings is 3. The van der Waals surface area contributed by atoms with Gasteiger partial charge in [0.1, 0.15) is 12.3 Å². The second-order valence-electron chi connectivity index (χ2n) is 7.49. The number of methoxy groups -OCH3 is 1. The van der Waals surface area contributed by atoms with Crippen molar-refractivity contribution in [2.75, 3.05) is 23.3 Å². The Hall–Kier alpha value is -3.03. The van der Waals surface area contributed by atoms with E-state index < -0.39 is 22.5 Å². The van der Waals surface area contributed by atoms with Crippen LogP contribution >= 0.6 is 11.6 Å². The first-order valence-electron chi connectivity index (χ1n) is 9.92. The van der Waals surface area contributed by atoms with Crippen molar-refractivity contribution in [3.63, 3.8) is 0 Å². The van der Waals surface area contributed by atoms with Crippen LogP contribution in [0, 0.1) is 20.8 Å². The molecule has 0 saturated heterocycles. The molecule has 3 rings (SSSR count). The monoisotopic (exact) mass is 472 g/mol. The summed E-state index contributed by atoms with van der Waals surface area (Å²) in [7, 11) is -2.53. The van der Waals surface area contributed by atoms with Gasteiger partial charge < -0.3 is 10.1 Å². The summed E-state index contributed by atoms with van der Waals surface area (Å²) in [6.07, 6.45) is 0. The molecule has 0 unspecified atom stereocenters. The number of halogens is 1. The predicted molar refractivity (Wildman–Crippen MR) is 128 cm³/mol. The Morgan fingerprint density at radius 3 is 2.06 bits per heavy atom. The highest BCUT2D eigenvalue weighted by Crippen LogP contribution is 2.27. The molecule has 0 saturated carbocycles. The summed E-state index contributed by atoms with van der Waals surface area (Å²) in [5.74, 6) is 0.0807. The van der Waals surface area contributed by atoms with Crippen molar-refractivity contribution in [1.29, 1.82) is 0 Å². The maximum absolute atomic E-state index is 13.5. The van der Waals surface area contributed by atoms with Gasteiger partial charge in [-0.05, 0) is 80.4 Å². The van der Waals surface area contributed by atoms with Gasteiger partial charge >= 0.3 is 0 Å². The average Bonchev–Trinajstić information content (AvgIpc) is 2.75. The number of nitrogens with one attached hydrogen (secondary N) is 1. The van der Waals surface area contributed by atoms with Crippen LogP contribution in [0.3, 0.4) is 0 Å². The van der Waals surface area contributed by atoms with Crippen LogP contribution in [-0.4, -0.2) is 28.0 Å². The van der Waals surface area contributed by atoms with Gasteiger partial charge in [0.25, 0.3) is 10.0 Å². The molecule has 0 fully saturated rings. The molecule has 0 spiro atoms. The molecule has 0 radical (unpaired) electrons. The fraction of sp³-hybridized carbons (Fsp3) is 0.208. The van der Waals surface area contributed by atoms with Crippen molar-refractivity contribution >= 4 is 38.9 Å². The van der Waals surface area contributed by atoms with Crippen molar-refractivity contribution in [2.45, 2.75) is 25.7 Å². The SMILES string of the molecule is COc1ccc(S(=O)(=O)N(CC(=O)Nc2c(C)cc(C)cc2C)c2ccc(Cl)cc2)cc1. The van der Waals surface area contributed by atoms with E-state index in [1.807, 2.05) is 32.9 Å². The summed E-state index contributed by atoms with van der Waals surface area (Å²) in [4.78, 5) is 13.0. The smallest absolute Gasteiger partial charge is 0.264 e. The minimum absolute atomic E-state index is 0.0451. The Bertz CT molecular complexity index is 1200. The number of carbonyl (C=O) groups excluding carboxylic acids is 1. The third-order valence-corrected chi connectivity index (χ3v) is 7.03. The molecule has 0 heterocycles. The highest BCUT2D eigenvalue weighted by Gasteiger charge is 2.27. The molecular formula is C24H25ClN2O4S. The molecule has 0 aromatic heterocycles. The lowest BCUT2D eigenvalue weighted by atomic mass is 10.1. The molecular weight excluding hydrogens is 448 g/mol. The van der Waals surface area contributed by atoms with E-state index in [1.165, 1.54) is 19.2 Å². The lowest BCUT2D eigenvalue weighted by Crippen LogP contribution is -2.38. The zero-order chi connectivity index (χ0) is 23.5. The van der Waals surface area contributed by atoms with Gasteiger partial charge in [-0.15, -0.1) is 0 Å². The van der Waals surface area contributed by atoms with Crippen LogP contribution in [0.2, 0.25) is 5.02 Å². The Morgan fingerprint density at radius 1 is 0.969 bits per heavy atom. The molecule has 3 aromatic carbocycles. The third-order valence-electron chi connectivity index (χ3n) is 4.99. The molecule has 32 heavy (non-hydrogen) atoms. The first kappa shape index (κ1) is 23.6. The Labute approximate surface area is 193 Å². The van der Waals surface area contributed by atoms with Gasteiger partial charge in [-0.25, -0.2) is 8.42 Å².